The molecule has 2 heterocycles. The highest BCUT2D eigenvalue weighted by molar-refractivity contribution is 7.19. The van der Waals surface area contributed by atoms with E-state index in [0.29, 0.717) is 0 Å². The third-order valence-corrected chi connectivity index (χ3v) is 3.94. The minimum absolute atomic E-state index is 0.289. The summed E-state index contributed by atoms with van der Waals surface area (Å²) >= 11 is 2.94. The molecule has 2 aromatic rings. The average Bonchev–Trinajstić information content (AvgIpc) is 2.89. The molecule has 1 atom stereocenters. The Morgan fingerprint density at radius 1 is 1.47 bits per heavy atom. The van der Waals surface area contributed by atoms with E-state index in [9.17, 15) is 0 Å². The molecule has 2 aromatic heterocycles. The van der Waals surface area contributed by atoms with Crippen molar-refractivity contribution < 1.29 is 0 Å². The maximum atomic E-state index is 4.17. The van der Waals surface area contributed by atoms with E-state index in [4.69, 9.17) is 0 Å². The fraction of sp³-hybridized carbons (Fsp3) is 0.500. The van der Waals surface area contributed by atoms with Crippen LogP contribution < -0.4 is 5.32 Å². The van der Waals surface area contributed by atoms with Gasteiger partial charge in [-0.1, -0.05) is 22.7 Å². The molecule has 1 N–H and O–H groups in total. The summed E-state index contributed by atoms with van der Waals surface area (Å²) in [5.74, 6) is 0. The lowest BCUT2D eigenvalue weighted by Gasteiger charge is -2.07. The molecule has 0 amide bonds. The van der Waals surface area contributed by atoms with E-state index in [1.165, 1.54) is 11.5 Å². The Bertz CT molecular complexity index is 406. The van der Waals surface area contributed by atoms with Crippen molar-refractivity contribution in [3.05, 3.63) is 11.2 Å². The van der Waals surface area contributed by atoms with Crippen LogP contribution >= 0.6 is 22.9 Å². The van der Waals surface area contributed by atoms with Gasteiger partial charge >= 0.3 is 0 Å². The van der Waals surface area contributed by atoms with Crippen LogP contribution in [0.2, 0.25) is 0 Å². The lowest BCUT2D eigenvalue weighted by atomic mass is 10.2. The molecule has 0 fully saturated rings. The molecule has 0 saturated carbocycles. The van der Waals surface area contributed by atoms with Crippen molar-refractivity contribution >= 4 is 22.9 Å². The van der Waals surface area contributed by atoms with Gasteiger partial charge in [0.25, 0.3) is 0 Å². The van der Waals surface area contributed by atoms with Gasteiger partial charge in [0.05, 0.1) is 12.2 Å². The predicted octanol–water partition coefficient (Wildman–Crippen LogP) is 1.73. The third-order valence-electron chi connectivity index (χ3n) is 2.07. The molecule has 0 radical (unpaired) electrons. The fourth-order valence-electron chi connectivity index (χ4n) is 1.24. The van der Waals surface area contributed by atoms with E-state index >= 15 is 0 Å². The maximum absolute atomic E-state index is 4.17. The first-order valence-corrected chi connectivity index (χ1v) is 6.22. The summed E-state index contributed by atoms with van der Waals surface area (Å²) in [6.07, 6.45) is 2.72. The Kier molecular flexibility index (Phi) is 3.34. The highest BCUT2D eigenvalue weighted by Crippen LogP contribution is 2.28. The summed E-state index contributed by atoms with van der Waals surface area (Å²) in [7, 11) is 1.93. The van der Waals surface area contributed by atoms with Crippen LogP contribution in [0.5, 0.6) is 0 Å². The molecular weight excluding hydrogens is 230 g/mol. The zero-order chi connectivity index (χ0) is 10.7. The van der Waals surface area contributed by atoms with Gasteiger partial charge in [0, 0.05) is 0 Å². The molecule has 0 aliphatic rings. The van der Waals surface area contributed by atoms with E-state index in [2.05, 4.69) is 32.0 Å². The molecule has 15 heavy (non-hydrogen) atoms. The van der Waals surface area contributed by atoms with Gasteiger partial charge in [0.2, 0.25) is 0 Å². The highest BCUT2D eigenvalue weighted by atomic mass is 32.1. The van der Waals surface area contributed by atoms with Crippen molar-refractivity contribution in [1.29, 1.82) is 0 Å². The van der Waals surface area contributed by atoms with Crippen molar-refractivity contribution in [2.75, 3.05) is 7.05 Å². The molecule has 0 saturated heterocycles. The number of nitrogens with zero attached hydrogens (tertiary/aromatic N) is 4. The van der Waals surface area contributed by atoms with Gasteiger partial charge in [-0.15, -0.1) is 15.3 Å². The lowest BCUT2D eigenvalue weighted by molar-refractivity contribution is 0.568. The molecule has 0 bridgehead atoms. The van der Waals surface area contributed by atoms with Crippen LogP contribution in [0, 0.1) is 0 Å². The number of rotatable bonds is 4. The van der Waals surface area contributed by atoms with Crippen LogP contribution in [0.3, 0.4) is 0 Å². The van der Waals surface area contributed by atoms with E-state index in [-0.39, 0.29) is 6.04 Å². The van der Waals surface area contributed by atoms with Crippen LogP contribution in [0.1, 0.15) is 24.4 Å². The Morgan fingerprint density at radius 2 is 2.33 bits per heavy atom. The van der Waals surface area contributed by atoms with Crippen molar-refractivity contribution in [1.82, 2.24) is 25.1 Å². The highest BCUT2D eigenvalue weighted by Gasteiger charge is 2.14. The van der Waals surface area contributed by atoms with E-state index in [1.807, 2.05) is 7.05 Å². The Hall–Kier alpha value is -0.920. The molecular formula is C8H11N5S2. The Labute approximate surface area is 95.7 Å². The fourth-order valence-corrected chi connectivity index (χ4v) is 2.81. The largest absolute Gasteiger partial charge is 0.311 e. The lowest BCUT2D eigenvalue weighted by Crippen LogP contribution is -2.14. The average molecular weight is 241 g/mol. The smallest absolute Gasteiger partial charge is 0.161 e. The summed E-state index contributed by atoms with van der Waals surface area (Å²) in [6, 6.07) is 0.289. The summed E-state index contributed by atoms with van der Waals surface area (Å²) < 4.78 is 3.81. The topological polar surface area (TPSA) is 63.6 Å². The van der Waals surface area contributed by atoms with Gasteiger partial charge in [0.15, 0.2) is 5.01 Å². The third kappa shape index (κ3) is 2.19. The predicted molar refractivity (Wildman–Crippen MR) is 60.9 cm³/mol. The summed E-state index contributed by atoms with van der Waals surface area (Å²) in [4.78, 5) is 0.977. The first-order valence-electron chi connectivity index (χ1n) is 4.63. The van der Waals surface area contributed by atoms with Crippen molar-refractivity contribution in [2.45, 2.75) is 19.4 Å². The zero-order valence-electron chi connectivity index (χ0n) is 8.47. The quantitative estimate of drug-likeness (QED) is 0.883. The van der Waals surface area contributed by atoms with Gasteiger partial charge in [-0.2, -0.15) is 0 Å². The summed E-state index contributed by atoms with van der Waals surface area (Å²) in [5, 5.41) is 17.2. The monoisotopic (exact) mass is 241 g/mol. The van der Waals surface area contributed by atoms with Crippen LogP contribution in [0.15, 0.2) is 6.20 Å². The molecule has 0 aliphatic carbocycles. The van der Waals surface area contributed by atoms with Gasteiger partial charge in [0.1, 0.15) is 9.88 Å². The standard InChI is InChI=1S/C8H11N5S2/c1-3-5(9-2)7-11-12-8(14-7)6-4-10-13-15-6/h4-5,9H,3H2,1-2H3. The van der Waals surface area contributed by atoms with Crippen LogP contribution in [0.25, 0.3) is 9.88 Å². The first-order chi connectivity index (χ1) is 7.35. The first kappa shape index (κ1) is 10.6. The molecule has 2 rings (SSSR count). The van der Waals surface area contributed by atoms with E-state index < -0.39 is 0 Å². The minimum atomic E-state index is 0.289. The molecule has 0 aliphatic heterocycles. The molecule has 80 valence electrons. The van der Waals surface area contributed by atoms with Gasteiger partial charge in [-0.3, -0.25) is 0 Å². The normalized spacial score (nSPS) is 12.9. The van der Waals surface area contributed by atoms with Crippen LogP contribution in [-0.4, -0.2) is 26.8 Å². The van der Waals surface area contributed by atoms with Crippen molar-refractivity contribution in [3.63, 3.8) is 0 Å². The minimum Gasteiger partial charge on any atom is -0.311 e. The summed E-state index contributed by atoms with van der Waals surface area (Å²) in [6.45, 7) is 2.12. The van der Waals surface area contributed by atoms with E-state index in [0.717, 1.165) is 21.3 Å². The van der Waals surface area contributed by atoms with Crippen LogP contribution in [-0.2, 0) is 0 Å². The van der Waals surface area contributed by atoms with Crippen molar-refractivity contribution in [2.24, 2.45) is 0 Å². The zero-order valence-corrected chi connectivity index (χ0v) is 10.1. The molecule has 1 unspecified atom stereocenters. The van der Waals surface area contributed by atoms with Gasteiger partial charge in [-0.05, 0) is 25.0 Å². The number of hydrogen-bond acceptors (Lipinski definition) is 7. The second-order valence-electron chi connectivity index (χ2n) is 2.98. The Morgan fingerprint density at radius 3 is 2.93 bits per heavy atom. The van der Waals surface area contributed by atoms with Gasteiger partial charge < -0.3 is 5.32 Å². The molecule has 5 nitrogen and oxygen atoms in total. The maximum Gasteiger partial charge on any atom is 0.161 e. The number of nitrogens with one attached hydrogen (secondary N) is 1. The summed E-state index contributed by atoms with van der Waals surface area (Å²) in [5.41, 5.74) is 0. The Balaban J connectivity index is 2.24. The second-order valence-corrected chi connectivity index (χ2v) is 4.77. The molecule has 7 heteroatoms. The van der Waals surface area contributed by atoms with Crippen LogP contribution in [0.4, 0.5) is 0 Å². The number of hydrogen-bond donors (Lipinski definition) is 1. The SMILES string of the molecule is CCC(NC)c1nnc(-c2cnns2)s1. The van der Waals surface area contributed by atoms with E-state index in [1.54, 1.807) is 17.5 Å². The molecule has 0 aromatic carbocycles. The number of aromatic nitrogens is 4. The van der Waals surface area contributed by atoms with Crippen molar-refractivity contribution in [3.8, 4) is 9.88 Å². The molecule has 0 spiro atoms. The second kappa shape index (κ2) is 4.73. The van der Waals surface area contributed by atoms with Gasteiger partial charge in [-0.25, -0.2) is 0 Å².